The van der Waals surface area contributed by atoms with E-state index in [1.807, 2.05) is 27.7 Å². The van der Waals surface area contributed by atoms with E-state index in [1.165, 1.54) is 5.57 Å². The van der Waals surface area contributed by atoms with Gasteiger partial charge in [-0.15, -0.1) is 0 Å². The quantitative estimate of drug-likeness (QED) is 0.476. The van der Waals surface area contributed by atoms with E-state index < -0.39 is 6.03 Å². The molecule has 0 aliphatic rings. The van der Waals surface area contributed by atoms with Gasteiger partial charge in [-0.2, -0.15) is 5.10 Å². The fraction of sp³-hybridized carbons (Fsp3) is 0.500. The molecule has 3 N–H and O–H groups in total. The Morgan fingerprint density at radius 3 is 2.08 bits per heavy atom. The van der Waals surface area contributed by atoms with Crippen molar-refractivity contribution in [1.29, 1.82) is 0 Å². The first-order valence-electron chi connectivity index (χ1n) is 3.69. The molecule has 2 amide bonds. The van der Waals surface area contributed by atoms with Crippen molar-refractivity contribution in [3.8, 4) is 0 Å². The Kier molecular flexibility index (Phi) is 4.04. The van der Waals surface area contributed by atoms with E-state index in [0.717, 1.165) is 11.3 Å². The van der Waals surface area contributed by atoms with Crippen LogP contribution in [0.2, 0.25) is 0 Å². The normalized spacial score (nSPS) is 10.8. The van der Waals surface area contributed by atoms with Crippen LogP contribution in [0.1, 0.15) is 27.7 Å². The van der Waals surface area contributed by atoms with Gasteiger partial charge in [0.2, 0.25) is 0 Å². The molecule has 0 aliphatic heterocycles. The molecule has 0 heterocycles. The second-order valence-corrected chi connectivity index (χ2v) is 2.80. The van der Waals surface area contributed by atoms with Gasteiger partial charge in [0.25, 0.3) is 0 Å². The molecule has 0 rings (SSSR count). The summed E-state index contributed by atoms with van der Waals surface area (Å²) in [5.41, 5.74) is 10.0. The maximum atomic E-state index is 10.3. The molecule has 0 unspecified atom stereocenters. The number of urea groups is 1. The Bertz CT molecular complexity index is 237. The van der Waals surface area contributed by atoms with E-state index >= 15 is 0 Å². The SMILES string of the molecule is CC(C)=C(C)/C(C)=N/NC(N)=O. The van der Waals surface area contributed by atoms with Gasteiger partial charge < -0.3 is 5.73 Å². The first-order chi connectivity index (χ1) is 5.45. The lowest BCUT2D eigenvalue weighted by atomic mass is 10.1. The molecule has 0 spiro atoms. The van der Waals surface area contributed by atoms with Crippen LogP contribution in [0.5, 0.6) is 0 Å². The van der Waals surface area contributed by atoms with Crippen molar-refractivity contribution in [2.75, 3.05) is 0 Å². The third kappa shape index (κ3) is 3.75. The maximum Gasteiger partial charge on any atom is 0.332 e. The number of amides is 2. The van der Waals surface area contributed by atoms with Gasteiger partial charge in [0.05, 0.1) is 5.71 Å². The maximum absolute atomic E-state index is 10.3. The van der Waals surface area contributed by atoms with Crippen molar-refractivity contribution in [2.24, 2.45) is 10.8 Å². The fourth-order valence-electron chi connectivity index (χ4n) is 0.585. The summed E-state index contributed by atoms with van der Waals surface area (Å²) in [5, 5.41) is 3.78. The molecule has 4 heteroatoms. The molecule has 0 bridgehead atoms. The molecular weight excluding hydrogens is 154 g/mol. The summed E-state index contributed by atoms with van der Waals surface area (Å²) in [4.78, 5) is 10.3. The summed E-state index contributed by atoms with van der Waals surface area (Å²) in [6.07, 6.45) is 0. The largest absolute Gasteiger partial charge is 0.350 e. The van der Waals surface area contributed by atoms with Gasteiger partial charge in [0.15, 0.2) is 0 Å². The van der Waals surface area contributed by atoms with Crippen LogP contribution in [0.4, 0.5) is 4.79 Å². The third-order valence-corrected chi connectivity index (χ3v) is 1.63. The second kappa shape index (κ2) is 4.54. The van der Waals surface area contributed by atoms with Crippen molar-refractivity contribution >= 4 is 11.7 Å². The number of carbonyl (C=O) groups excluding carboxylic acids is 1. The van der Waals surface area contributed by atoms with E-state index in [1.54, 1.807) is 0 Å². The molecule has 0 atom stereocenters. The van der Waals surface area contributed by atoms with Crippen LogP contribution in [0.15, 0.2) is 16.2 Å². The average Bonchev–Trinajstić information content (AvgIpc) is 1.98. The van der Waals surface area contributed by atoms with Gasteiger partial charge >= 0.3 is 6.03 Å². The molecule has 0 aromatic heterocycles. The molecule has 0 saturated carbocycles. The Labute approximate surface area is 72.5 Å². The van der Waals surface area contributed by atoms with Gasteiger partial charge in [0, 0.05) is 0 Å². The Morgan fingerprint density at radius 2 is 1.75 bits per heavy atom. The van der Waals surface area contributed by atoms with Crippen LogP contribution in [-0.2, 0) is 0 Å². The minimum Gasteiger partial charge on any atom is -0.350 e. The third-order valence-electron chi connectivity index (χ3n) is 1.63. The highest BCUT2D eigenvalue weighted by molar-refractivity contribution is 5.98. The van der Waals surface area contributed by atoms with Crippen LogP contribution in [0, 0.1) is 0 Å². The van der Waals surface area contributed by atoms with Gasteiger partial charge in [0.1, 0.15) is 0 Å². The zero-order valence-corrected chi connectivity index (χ0v) is 7.93. The number of primary amides is 1. The second-order valence-electron chi connectivity index (χ2n) is 2.80. The minimum atomic E-state index is -0.643. The van der Waals surface area contributed by atoms with E-state index in [9.17, 15) is 4.79 Å². The number of rotatable bonds is 2. The van der Waals surface area contributed by atoms with Crippen LogP contribution in [0.25, 0.3) is 0 Å². The summed E-state index contributed by atoms with van der Waals surface area (Å²) in [7, 11) is 0. The van der Waals surface area contributed by atoms with Crippen LogP contribution in [-0.4, -0.2) is 11.7 Å². The zero-order chi connectivity index (χ0) is 9.72. The predicted octanol–water partition coefficient (Wildman–Crippen LogP) is 1.39. The number of nitrogens with two attached hydrogens (primary N) is 1. The monoisotopic (exact) mass is 169 g/mol. The van der Waals surface area contributed by atoms with Crippen LogP contribution < -0.4 is 11.2 Å². The molecule has 68 valence electrons. The minimum absolute atomic E-state index is 0.643. The van der Waals surface area contributed by atoms with Crippen molar-refractivity contribution < 1.29 is 4.79 Å². The Hall–Kier alpha value is -1.32. The lowest BCUT2D eigenvalue weighted by Crippen LogP contribution is -2.25. The average molecular weight is 169 g/mol. The number of hydrazone groups is 1. The molecule has 0 aromatic carbocycles. The molecule has 4 nitrogen and oxygen atoms in total. The molecular formula is C8H15N3O. The van der Waals surface area contributed by atoms with Gasteiger partial charge in [-0.25, -0.2) is 10.2 Å². The highest BCUT2D eigenvalue weighted by atomic mass is 16.2. The standard InChI is InChI=1S/C8H15N3O/c1-5(2)6(3)7(4)10-11-8(9)12/h1-4H3,(H3,9,11,12)/b10-7+. The zero-order valence-electron chi connectivity index (χ0n) is 7.93. The Morgan fingerprint density at radius 1 is 1.25 bits per heavy atom. The topological polar surface area (TPSA) is 67.5 Å². The summed E-state index contributed by atoms with van der Waals surface area (Å²) in [5.74, 6) is 0. The summed E-state index contributed by atoms with van der Waals surface area (Å²) < 4.78 is 0. The van der Waals surface area contributed by atoms with E-state index in [2.05, 4.69) is 10.5 Å². The van der Waals surface area contributed by atoms with Gasteiger partial charge in [-0.3, -0.25) is 0 Å². The highest BCUT2D eigenvalue weighted by Gasteiger charge is 1.97. The molecule has 0 fully saturated rings. The van der Waals surface area contributed by atoms with Crippen LogP contribution in [0.3, 0.4) is 0 Å². The first-order valence-corrected chi connectivity index (χ1v) is 3.69. The predicted molar refractivity (Wildman–Crippen MR) is 49.9 cm³/mol. The van der Waals surface area contributed by atoms with Crippen molar-refractivity contribution in [1.82, 2.24) is 5.43 Å². The van der Waals surface area contributed by atoms with Gasteiger partial charge in [-0.1, -0.05) is 5.57 Å². The smallest absolute Gasteiger partial charge is 0.332 e. The van der Waals surface area contributed by atoms with Crippen molar-refractivity contribution in [2.45, 2.75) is 27.7 Å². The molecule has 0 saturated heterocycles. The fourth-order valence-corrected chi connectivity index (χ4v) is 0.585. The number of allylic oxidation sites excluding steroid dienone is 2. The van der Waals surface area contributed by atoms with Crippen LogP contribution >= 0.6 is 0 Å². The number of carbonyl (C=O) groups is 1. The number of hydrogen-bond acceptors (Lipinski definition) is 2. The highest BCUT2D eigenvalue weighted by Crippen LogP contribution is 2.03. The summed E-state index contributed by atoms with van der Waals surface area (Å²) >= 11 is 0. The Balaban J connectivity index is 4.39. The summed E-state index contributed by atoms with van der Waals surface area (Å²) in [6, 6.07) is -0.643. The van der Waals surface area contributed by atoms with Crippen molar-refractivity contribution in [3.05, 3.63) is 11.1 Å². The van der Waals surface area contributed by atoms with Gasteiger partial charge in [-0.05, 0) is 33.3 Å². The van der Waals surface area contributed by atoms with Crippen molar-refractivity contribution in [3.63, 3.8) is 0 Å². The number of hydrogen-bond donors (Lipinski definition) is 2. The molecule has 0 radical (unpaired) electrons. The molecule has 12 heavy (non-hydrogen) atoms. The molecule has 0 aromatic rings. The summed E-state index contributed by atoms with van der Waals surface area (Å²) in [6.45, 7) is 7.73. The lowest BCUT2D eigenvalue weighted by Gasteiger charge is -2.02. The first kappa shape index (κ1) is 10.7. The van der Waals surface area contributed by atoms with E-state index in [0.29, 0.717) is 0 Å². The van der Waals surface area contributed by atoms with E-state index in [-0.39, 0.29) is 0 Å². The number of nitrogens with one attached hydrogen (secondary N) is 1. The lowest BCUT2D eigenvalue weighted by molar-refractivity contribution is 0.249. The molecule has 0 aliphatic carbocycles. The van der Waals surface area contributed by atoms with E-state index in [4.69, 9.17) is 5.73 Å². The number of nitrogens with zero attached hydrogens (tertiary/aromatic N) is 1.